The first-order valence-electron chi connectivity index (χ1n) is 6.85. The molecule has 0 amide bonds. The minimum atomic E-state index is 0.195. The summed E-state index contributed by atoms with van der Waals surface area (Å²) in [7, 11) is 0. The highest BCUT2D eigenvalue weighted by atomic mass is 16.3. The van der Waals surface area contributed by atoms with Crippen molar-refractivity contribution in [2.45, 2.75) is 26.4 Å². The van der Waals surface area contributed by atoms with Gasteiger partial charge in [-0.25, -0.2) is 0 Å². The van der Waals surface area contributed by atoms with Crippen LogP contribution in [0.5, 0.6) is 0 Å². The van der Waals surface area contributed by atoms with Crippen molar-refractivity contribution in [3.63, 3.8) is 0 Å². The molecule has 0 fully saturated rings. The van der Waals surface area contributed by atoms with Crippen LogP contribution in [-0.2, 0) is 6.54 Å². The molecule has 3 nitrogen and oxygen atoms in total. The number of hydrogen-bond acceptors (Lipinski definition) is 3. The van der Waals surface area contributed by atoms with E-state index in [2.05, 4.69) is 41.5 Å². The van der Waals surface area contributed by atoms with Gasteiger partial charge < -0.3 is 9.73 Å². The van der Waals surface area contributed by atoms with Crippen molar-refractivity contribution in [3.8, 4) is 0 Å². The van der Waals surface area contributed by atoms with E-state index in [1.54, 1.807) is 0 Å². The molecule has 0 bridgehead atoms. The molecule has 3 heteroatoms. The van der Waals surface area contributed by atoms with Crippen molar-refractivity contribution in [1.82, 2.24) is 10.3 Å². The van der Waals surface area contributed by atoms with E-state index in [-0.39, 0.29) is 6.04 Å². The summed E-state index contributed by atoms with van der Waals surface area (Å²) in [6.45, 7) is 4.89. The molecule has 3 aromatic rings. The highest BCUT2D eigenvalue weighted by Gasteiger charge is 2.09. The van der Waals surface area contributed by atoms with Gasteiger partial charge in [0.15, 0.2) is 0 Å². The second-order valence-electron chi connectivity index (χ2n) is 5.06. The number of nitrogens with one attached hydrogen (secondary N) is 1. The highest BCUT2D eigenvalue weighted by molar-refractivity contribution is 5.84. The molecular formula is C17H18N2O. The summed E-state index contributed by atoms with van der Waals surface area (Å²) >= 11 is 0. The molecule has 1 aromatic carbocycles. The van der Waals surface area contributed by atoms with Crippen molar-refractivity contribution in [1.29, 1.82) is 0 Å². The lowest BCUT2D eigenvalue weighted by molar-refractivity contribution is 0.416. The number of rotatable bonds is 4. The molecule has 1 unspecified atom stereocenters. The van der Waals surface area contributed by atoms with Crippen LogP contribution in [0.2, 0.25) is 0 Å². The number of nitrogens with zero attached hydrogens (tertiary/aromatic N) is 1. The Balaban J connectivity index is 1.77. The minimum Gasteiger partial charge on any atom is -0.465 e. The summed E-state index contributed by atoms with van der Waals surface area (Å²) in [4.78, 5) is 4.16. The summed E-state index contributed by atoms with van der Waals surface area (Å²) in [6, 6.07) is 12.6. The molecule has 2 heterocycles. The Hall–Kier alpha value is -2.13. The fourth-order valence-corrected chi connectivity index (χ4v) is 2.39. The molecular weight excluding hydrogens is 248 g/mol. The number of hydrogen-bond donors (Lipinski definition) is 1. The van der Waals surface area contributed by atoms with E-state index in [9.17, 15) is 0 Å². The number of pyridine rings is 1. The summed E-state index contributed by atoms with van der Waals surface area (Å²) in [5.41, 5.74) is 1.28. The van der Waals surface area contributed by atoms with Gasteiger partial charge in [-0.2, -0.15) is 0 Å². The van der Waals surface area contributed by atoms with Crippen LogP contribution in [0.1, 0.15) is 30.0 Å². The quantitative estimate of drug-likeness (QED) is 0.776. The Morgan fingerprint density at radius 2 is 2.10 bits per heavy atom. The third-order valence-corrected chi connectivity index (χ3v) is 3.56. The van der Waals surface area contributed by atoms with E-state index in [1.165, 1.54) is 16.3 Å². The second-order valence-corrected chi connectivity index (χ2v) is 5.06. The average molecular weight is 266 g/mol. The topological polar surface area (TPSA) is 38.1 Å². The number of furan rings is 1. The minimum absolute atomic E-state index is 0.195. The molecule has 2 aromatic heterocycles. The van der Waals surface area contributed by atoms with E-state index >= 15 is 0 Å². The van der Waals surface area contributed by atoms with Gasteiger partial charge in [0.05, 0.1) is 6.04 Å². The van der Waals surface area contributed by atoms with Gasteiger partial charge in [-0.15, -0.1) is 0 Å². The molecule has 20 heavy (non-hydrogen) atoms. The number of fused-ring (bicyclic) bond motifs is 1. The van der Waals surface area contributed by atoms with E-state index in [0.717, 1.165) is 18.1 Å². The van der Waals surface area contributed by atoms with Crippen LogP contribution in [0.25, 0.3) is 10.8 Å². The van der Waals surface area contributed by atoms with Crippen molar-refractivity contribution >= 4 is 10.8 Å². The van der Waals surface area contributed by atoms with Gasteiger partial charge in [0, 0.05) is 24.3 Å². The average Bonchev–Trinajstić information content (AvgIpc) is 2.91. The molecule has 0 aliphatic carbocycles. The standard InChI is InChI=1S/C17H18N2O/c1-12-6-7-17(20-12)13(2)19-11-15-5-3-4-14-10-18-9-8-16(14)15/h3-10,13,19H,11H2,1-2H3. The van der Waals surface area contributed by atoms with Gasteiger partial charge >= 0.3 is 0 Å². The molecule has 1 N–H and O–H groups in total. The van der Waals surface area contributed by atoms with Crippen molar-refractivity contribution in [3.05, 3.63) is 65.9 Å². The summed E-state index contributed by atoms with van der Waals surface area (Å²) in [5.74, 6) is 1.93. The molecule has 0 spiro atoms. The third-order valence-electron chi connectivity index (χ3n) is 3.56. The lowest BCUT2D eigenvalue weighted by Gasteiger charge is -2.13. The van der Waals surface area contributed by atoms with E-state index in [1.807, 2.05) is 31.5 Å². The first kappa shape index (κ1) is 12.9. The fraction of sp³-hybridized carbons (Fsp3) is 0.235. The molecule has 0 radical (unpaired) electrons. The molecule has 0 aliphatic heterocycles. The van der Waals surface area contributed by atoms with Gasteiger partial charge in [0.25, 0.3) is 0 Å². The summed E-state index contributed by atoms with van der Waals surface area (Å²) < 4.78 is 5.65. The van der Waals surface area contributed by atoms with Crippen LogP contribution in [0.4, 0.5) is 0 Å². The Kier molecular flexibility index (Phi) is 3.52. The van der Waals surface area contributed by atoms with Crippen LogP contribution in [-0.4, -0.2) is 4.98 Å². The van der Waals surface area contributed by atoms with Gasteiger partial charge in [0.2, 0.25) is 0 Å². The molecule has 0 saturated carbocycles. The van der Waals surface area contributed by atoms with E-state index < -0.39 is 0 Å². The monoisotopic (exact) mass is 266 g/mol. The van der Waals surface area contributed by atoms with Gasteiger partial charge in [-0.05, 0) is 43.0 Å². The predicted molar refractivity (Wildman–Crippen MR) is 80.4 cm³/mol. The molecule has 3 rings (SSSR count). The molecule has 102 valence electrons. The molecule has 0 saturated heterocycles. The van der Waals surface area contributed by atoms with Crippen molar-refractivity contribution < 1.29 is 4.42 Å². The fourth-order valence-electron chi connectivity index (χ4n) is 2.39. The van der Waals surface area contributed by atoms with Gasteiger partial charge in [-0.1, -0.05) is 18.2 Å². The van der Waals surface area contributed by atoms with E-state index in [0.29, 0.717) is 0 Å². The van der Waals surface area contributed by atoms with Crippen molar-refractivity contribution in [2.24, 2.45) is 0 Å². The van der Waals surface area contributed by atoms with Crippen LogP contribution in [0, 0.1) is 6.92 Å². The highest BCUT2D eigenvalue weighted by Crippen LogP contribution is 2.20. The Morgan fingerprint density at radius 3 is 2.90 bits per heavy atom. The first-order valence-corrected chi connectivity index (χ1v) is 6.85. The molecule has 1 atom stereocenters. The second kappa shape index (κ2) is 5.47. The van der Waals surface area contributed by atoms with Gasteiger partial charge in [0.1, 0.15) is 11.5 Å². The van der Waals surface area contributed by atoms with Crippen LogP contribution >= 0.6 is 0 Å². The summed E-state index contributed by atoms with van der Waals surface area (Å²) in [6.07, 6.45) is 3.74. The maximum absolute atomic E-state index is 5.65. The van der Waals surface area contributed by atoms with E-state index in [4.69, 9.17) is 4.42 Å². The third kappa shape index (κ3) is 2.58. The first-order chi connectivity index (χ1) is 9.74. The lowest BCUT2D eigenvalue weighted by Crippen LogP contribution is -2.17. The Labute approximate surface area is 118 Å². The maximum Gasteiger partial charge on any atom is 0.120 e. The zero-order chi connectivity index (χ0) is 13.9. The molecule has 0 aliphatic rings. The largest absolute Gasteiger partial charge is 0.465 e. The van der Waals surface area contributed by atoms with Crippen molar-refractivity contribution in [2.75, 3.05) is 0 Å². The van der Waals surface area contributed by atoms with Gasteiger partial charge in [-0.3, -0.25) is 4.98 Å². The lowest BCUT2D eigenvalue weighted by atomic mass is 10.1. The normalized spacial score (nSPS) is 12.7. The van der Waals surface area contributed by atoms with Crippen LogP contribution in [0.3, 0.4) is 0 Å². The Bertz CT molecular complexity index is 712. The maximum atomic E-state index is 5.65. The number of aromatic nitrogens is 1. The summed E-state index contributed by atoms with van der Waals surface area (Å²) in [5, 5.41) is 5.93. The number of aryl methyl sites for hydroxylation is 1. The number of benzene rings is 1. The predicted octanol–water partition coefficient (Wildman–Crippen LogP) is 3.99. The van der Waals surface area contributed by atoms with Crippen LogP contribution in [0.15, 0.2) is 53.2 Å². The smallest absolute Gasteiger partial charge is 0.120 e. The SMILES string of the molecule is Cc1ccc(C(C)NCc2cccc3cnccc23)o1. The van der Waals surface area contributed by atoms with Crippen LogP contribution < -0.4 is 5.32 Å². The zero-order valence-corrected chi connectivity index (χ0v) is 11.8. The zero-order valence-electron chi connectivity index (χ0n) is 11.8. The Morgan fingerprint density at radius 1 is 1.20 bits per heavy atom.